The van der Waals surface area contributed by atoms with Crippen molar-refractivity contribution in [3.8, 4) is 0 Å². The third kappa shape index (κ3) is 12.1. The van der Waals surface area contributed by atoms with Gasteiger partial charge in [-0.1, -0.05) is 0 Å². The Kier molecular flexibility index (Phi) is 13.7. The van der Waals surface area contributed by atoms with Crippen molar-refractivity contribution >= 4 is 47.4 Å². The fraction of sp³-hybridized carbons (Fsp3) is 0.667. The summed E-state index contributed by atoms with van der Waals surface area (Å²) in [5.74, 6) is -6.81. The lowest BCUT2D eigenvalue weighted by molar-refractivity contribution is -0.147. The summed E-state index contributed by atoms with van der Waals surface area (Å²) in [4.78, 5) is 70.4. The second-order valence-corrected chi connectivity index (χ2v) is 8.09. The van der Waals surface area contributed by atoms with Crippen LogP contribution in [0.1, 0.15) is 32.6 Å². The Morgan fingerprint density at radius 2 is 1.30 bits per heavy atom. The lowest BCUT2D eigenvalue weighted by atomic mass is 10.1. The highest BCUT2D eigenvalue weighted by molar-refractivity contribution is 7.98. The largest absolute Gasteiger partial charge is 0.481 e. The first-order valence-electron chi connectivity index (χ1n) is 9.80. The number of hydrogen-bond donors (Lipinski definition) is 8. The van der Waals surface area contributed by atoms with E-state index in [1.165, 1.54) is 18.7 Å². The van der Waals surface area contributed by atoms with E-state index in [0.29, 0.717) is 5.75 Å². The average molecular weight is 495 g/mol. The molecule has 5 atom stereocenters. The van der Waals surface area contributed by atoms with Crippen LogP contribution < -0.4 is 21.7 Å². The van der Waals surface area contributed by atoms with E-state index in [4.69, 9.17) is 21.1 Å². The molecule has 0 saturated carbocycles. The molecule has 0 rings (SSSR count). The number of carbonyl (C=O) groups is 6. The van der Waals surface area contributed by atoms with Crippen LogP contribution in [0.4, 0.5) is 0 Å². The van der Waals surface area contributed by atoms with Crippen LogP contribution in [0.2, 0.25) is 0 Å². The molecule has 0 fully saturated rings. The van der Waals surface area contributed by atoms with Crippen molar-refractivity contribution in [3.63, 3.8) is 0 Å². The van der Waals surface area contributed by atoms with Gasteiger partial charge in [0.15, 0.2) is 0 Å². The summed E-state index contributed by atoms with van der Waals surface area (Å²) in [5, 5.41) is 42.9. The Balaban J connectivity index is 5.56. The van der Waals surface area contributed by atoms with E-state index in [-0.39, 0.29) is 6.42 Å². The van der Waals surface area contributed by atoms with E-state index in [1.807, 2.05) is 5.32 Å². The van der Waals surface area contributed by atoms with E-state index >= 15 is 0 Å². The maximum absolute atomic E-state index is 12.8. The summed E-state index contributed by atoms with van der Waals surface area (Å²) in [6.45, 7) is 1.28. The Hall–Kier alpha value is -2.91. The van der Waals surface area contributed by atoms with Gasteiger partial charge in [0.1, 0.15) is 24.2 Å². The molecule has 0 aliphatic rings. The van der Waals surface area contributed by atoms with Gasteiger partial charge in [-0.05, 0) is 31.8 Å². The fourth-order valence-electron chi connectivity index (χ4n) is 2.45. The molecule has 5 unspecified atom stereocenters. The zero-order valence-corrected chi connectivity index (χ0v) is 19.0. The van der Waals surface area contributed by atoms with Crippen molar-refractivity contribution in [2.24, 2.45) is 5.73 Å². The van der Waals surface area contributed by atoms with Crippen molar-refractivity contribution in [3.05, 3.63) is 0 Å². The van der Waals surface area contributed by atoms with Crippen LogP contribution in [0.5, 0.6) is 0 Å². The second kappa shape index (κ2) is 15.0. The van der Waals surface area contributed by atoms with E-state index < -0.39 is 85.2 Å². The number of carboxylic acid groups (broad SMARTS) is 3. The van der Waals surface area contributed by atoms with Crippen molar-refractivity contribution in [2.75, 3.05) is 12.0 Å². The van der Waals surface area contributed by atoms with Crippen LogP contribution in [0.3, 0.4) is 0 Å². The molecule has 0 radical (unpaired) electrons. The quantitative estimate of drug-likeness (QED) is 0.109. The molecule has 0 heterocycles. The number of aliphatic hydroxyl groups is 1. The van der Waals surface area contributed by atoms with Gasteiger partial charge in [0.25, 0.3) is 0 Å². The van der Waals surface area contributed by atoms with Gasteiger partial charge in [-0.15, -0.1) is 0 Å². The summed E-state index contributed by atoms with van der Waals surface area (Å²) in [6, 6.07) is -5.85. The van der Waals surface area contributed by atoms with E-state index in [0.717, 1.165) is 0 Å². The van der Waals surface area contributed by atoms with Crippen molar-refractivity contribution in [1.82, 2.24) is 16.0 Å². The third-order valence-corrected chi connectivity index (χ3v) is 4.98. The number of carboxylic acids is 3. The average Bonchev–Trinajstić information content (AvgIpc) is 2.71. The molecule has 188 valence electrons. The molecule has 0 saturated heterocycles. The monoisotopic (exact) mass is 494 g/mol. The Morgan fingerprint density at radius 1 is 0.818 bits per heavy atom. The standard InChI is InChI=1S/C18H30N4O10S/c1-8(23)14(19)17(30)21-10(5-6-33-2)16(29)20-9(3-4-12(24)25)15(28)22-11(18(31)32)7-13(26)27/h8-11,14,23H,3-7,19H2,1-2H3,(H,20,29)(H,21,30)(H,22,28)(H,24,25)(H,26,27)(H,31,32). The second-order valence-electron chi connectivity index (χ2n) is 7.10. The summed E-state index contributed by atoms with van der Waals surface area (Å²) in [7, 11) is 0. The lowest BCUT2D eigenvalue weighted by Gasteiger charge is -2.25. The number of nitrogens with two attached hydrogens (primary N) is 1. The highest BCUT2D eigenvalue weighted by atomic mass is 32.2. The predicted molar refractivity (Wildman–Crippen MR) is 115 cm³/mol. The number of rotatable bonds is 16. The highest BCUT2D eigenvalue weighted by Crippen LogP contribution is 2.06. The lowest BCUT2D eigenvalue weighted by Crippen LogP contribution is -2.58. The number of nitrogens with one attached hydrogen (secondary N) is 3. The van der Waals surface area contributed by atoms with Gasteiger partial charge in [0.05, 0.1) is 12.5 Å². The smallest absolute Gasteiger partial charge is 0.326 e. The van der Waals surface area contributed by atoms with Gasteiger partial charge in [-0.3, -0.25) is 24.0 Å². The predicted octanol–water partition coefficient (Wildman–Crippen LogP) is -2.67. The van der Waals surface area contributed by atoms with Gasteiger partial charge < -0.3 is 42.1 Å². The van der Waals surface area contributed by atoms with Crippen LogP contribution in [0.15, 0.2) is 0 Å². The van der Waals surface area contributed by atoms with Crippen LogP contribution in [0, 0.1) is 0 Å². The number of amides is 3. The molecule has 3 amide bonds. The fourth-order valence-corrected chi connectivity index (χ4v) is 2.92. The first kappa shape index (κ1) is 30.1. The molecule has 15 heteroatoms. The number of aliphatic carboxylic acids is 3. The van der Waals surface area contributed by atoms with Crippen molar-refractivity contribution in [1.29, 1.82) is 0 Å². The van der Waals surface area contributed by atoms with Gasteiger partial charge in [0.2, 0.25) is 17.7 Å². The summed E-state index contributed by atoms with van der Waals surface area (Å²) in [5.41, 5.74) is 5.56. The molecule has 9 N–H and O–H groups in total. The Bertz CT molecular complexity index is 733. The molecular weight excluding hydrogens is 464 g/mol. The number of carbonyl (C=O) groups excluding carboxylic acids is 3. The first-order valence-corrected chi connectivity index (χ1v) is 11.2. The molecular formula is C18H30N4O10S. The van der Waals surface area contributed by atoms with Crippen LogP contribution in [0.25, 0.3) is 0 Å². The SMILES string of the molecule is CSCCC(NC(=O)C(N)C(C)O)C(=O)NC(CCC(=O)O)C(=O)NC(CC(=O)O)C(=O)O. The topological polar surface area (TPSA) is 245 Å². The minimum absolute atomic E-state index is 0.106. The minimum Gasteiger partial charge on any atom is -0.481 e. The number of thioether (sulfide) groups is 1. The van der Waals surface area contributed by atoms with Crippen LogP contribution >= 0.6 is 11.8 Å². The van der Waals surface area contributed by atoms with E-state index in [2.05, 4.69) is 10.6 Å². The van der Waals surface area contributed by atoms with E-state index in [1.54, 1.807) is 6.26 Å². The molecule has 0 aromatic heterocycles. The molecule has 0 aromatic carbocycles. The van der Waals surface area contributed by atoms with Crippen molar-refractivity contribution in [2.45, 2.75) is 62.9 Å². The van der Waals surface area contributed by atoms with Gasteiger partial charge in [-0.2, -0.15) is 11.8 Å². The highest BCUT2D eigenvalue weighted by Gasteiger charge is 2.31. The molecule has 0 aliphatic carbocycles. The van der Waals surface area contributed by atoms with Crippen LogP contribution in [-0.4, -0.2) is 98.3 Å². The minimum atomic E-state index is -1.81. The van der Waals surface area contributed by atoms with Gasteiger partial charge in [0, 0.05) is 6.42 Å². The zero-order chi connectivity index (χ0) is 25.7. The van der Waals surface area contributed by atoms with Crippen molar-refractivity contribution < 1.29 is 49.2 Å². The maximum atomic E-state index is 12.8. The number of aliphatic hydroxyl groups excluding tert-OH is 1. The third-order valence-electron chi connectivity index (χ3n) is 4.34. The van der Waals surface area contributed by atoms with Gasteiger partial charge in [-0.25, -0.2) is 4.79 Å². The Labute approximate surface area is 193 Å². The number of hydrogen-bond acceptors (Lipinski definition) is 9. The Morgan fingerprint density at radius 3 is 1.73 bits per heavy atom. The zero-order valence-electron chi connectivity index (χ0n) is 18.1. The molecule has 14 nitrogen and oxygen atoms in total. The maximum Gasteiger partial charge on any atom is 0.326 e. The van der Waals surface area contributed by atoms with E-state index in [9.17, 15) is 33.9 Å². The van der Waals surface area contributed by atoms with Crippen LogP contribution in [-0.2, 0) is 28.8 Å². The summed E-state index contributed by atoms with van der Waals surface area (Å²) in [6.07, 6.45) is -1.28. The molecule has 0 bridgehead atoms. The molecule has 33 heavy (non-hydrogen) atoms. The van der Waals surface area contributed by atoms with Gasteiger partial charge >= 0.3 is 17.9 Å². The molecule has 0 aromatic rings. The summed E-state index contributed by atoms with van der Waals surface area (Å²) >= 11 is 1.36. The normalized spacial score (nSPS) is 15.3. The first-order chi connectivity index (χ1) is 15.3. The molecule has 0 spiro atoms. The molecule has 0 aliphatic heterocycles. The summed E-state index contributed by atoms with van der Waals surface area (Å²) < 4.78 is 0.